The Balaban J connectivity index is 1.81. The summed E-state index contributed by atoms with van der Waals surface area (Å²) in [6.45, 7) is 5.81. The number of hydrogen-bond acceptors (Lipinski definition) is 5. The molecule has 5 nitrogen and oxygen atoms in total. The number of rotatable bonds is 7. The van der Waals surface area contributed by atoms with Gasteiger partial charge in [0.1, 0.15) is 6.61 Å². The third-order valence-electron chi connectivity index (χ3n) is 4.29. The molecule has 1 aromatic rings. The Morgan fingerprint density at radius 1 is 1.21 bits per heavy atom. The van der Waals surface area contributed by atoms with Crippen LogP contribution in [0.1, 0.15) is 31.2 Å². The molecule has 0 aliphatic heterocycles. The van der Waals surface area contributed by atoms with Gasteiger partial charge in [0.05, 0.1) is 17.4 Å². The smallest absolute Gasteiger partial charge is 0.309 e. The Morgan fingerprint density at radius 2 is 1.83 bits per heavy atom. The molecule has 24 heavy (non-hydrogen) atoms. The molecular formula is C18H24O5S. The summed E-state index contributed by atoms with van der Waals surface area (Å²) in [5.74, 6) is -0.148. The van der Waals surface area contributed by atoms with Gasteiger partial charge in [0.25, 0.3) is 10.1 Å². The van der Waals surface area contributed by atoms with Crippen molar-refractivity contribution >= 4 is 16.1 Å². The van der Waals surface area contributed by atoms with Crippen LogP contribution >= 0.6 is 0 Å². The predicted molar refractivity (Wildman–Crippen MR) is 90.9 cm³/mol. The summed E-state index contributed by atoms with van der Waals surface area (Å²) >= 11 is 0. The van der Waals surface area contributed by atoms with Gasteiger partial charge in [0, 0.05) is 0 Å². The maximum atomic E-state index is 12.2. The first-order valence-corrected chi connectivity index (χ1v) is 9.57. The molecule has 1 aliphatic rings. The molecule has 0 unspecified atom stereocenters. The molecule has 0 radical (unpaired) electrons. The number of hydrogen-bond donors (Lipinski definition) is 0. The molecule has 0 amide bonds. The monoisotopic (exact) mass is 352 g/mol. The van der Waals surface area contributed by atoms with Gasteiger partial charge in [0.15, 0.2) is 0 Å². The van der Waals surface area contributed by atoms with E-state index in [-0.39, 0.29) is 35.9 Å². The lowest BCUT2D eigenvalue weighted by Crippen LogP contribution is -2.26. The van der Waals surface area contributed by atoms with Crippen LogP contribution < -0.4 is 0 Å². The topological polar surface area (TPSA) is 69.7 Å². The van der Waals surface area contributed by atoms with E-state index >= 15 is 0 Å². The van der Waals surface area contributed by atoms with E-state index in [0.29, 0.717) is 12.8 Å². The second-order valence-electron chi connectivity index (χ2n) is 6.19. The Hall–Kier alpha value is -1.66. The average molecular weight is 352 g/mol. The van der Waals surface area contributed by atoms with Crippen LogP contribution in [0.5, 0.6) is 0 Å². The van der Waals surface area contributed by atoms with E-state index in [1.54, 1.807) is 30.3 Å². The summed E-state index contributed by atoms with van der Waals surface area (Å²) in [7, 11) is -3.72. The van der Waals surface area contributed by atoms with Crippen molar-refractivity contribution in [3.05, 3.63) is 42.5 Å². The zero-order valence-electron chi connectivity index (χ0n) is 13.9. The van der Waals surface area contributed by atoms with Gasteiger partial charge >= 0.3 is 5.97 Å². The Kier molecular flexibility index (Phi) is 6.57. The third-order valence-corrected chi connectivity index (χ3v) is 5.59. The lowest BCUT2D eigenvalue weighted by atomic mass is 9.82. The largest absolute Gasteiger partial charge is 0.461 e. The number of benzene rings is 1. The van der Waals surface area contributed by atoms with Crippen LogP contribution in [-0.2, 0) is 23.8 Å². The Labute approximate surface area is 143 Å². The van der Waals surface area contributed by atoms with Crippen molar-refractivity contribution in [3.63, 3.8) is 0 Å². The predicted octanol–water partition coefficient (Wildman–Crippen LogP) is 3.24. The van der Waals surface area contributed by atoms with Crippen molar-refractivity contribution in [3.8, 4) is 0 Å². The van der Waals surface area contributed by atoms with Gasteiger partial charge in [-0.1, -0.05) is 30.4 Å². The van der Waals surface area contributed by atoms with Crippen LogP contribution in [-0.4, -0.2) is 27.6 Å². The minimum Gasteiger partial charge on any atom is -0.461 e. The molecule has 2 rings (SSSR count). The number of carbonyl (C=O) groups excluding carboxylic acids is 1. The van der Waals surface area contributed by atoms with E-state index in [0.717, 1.165) is 18.4 Å². The minimum atomic E-state index is -3.72. The van der Waals surface area contributed by atoms with Crippen molar-refractivity contribution in [2.45, 2.75) is 37.5 Å². The second kappa shape index (κ2) is 8.44. The van der Waals surface area contributed by atoms with Crippen LogP contribution in [0.25, 0.3) is 0 Å². The first kappa shape index (κ1) is 18.7. The van der Waals surface area contributed by atoms with Crippen molar-refractivity contribution < 1.29 is 22.1 Å². The fraction of sp³-hybridized carbons (Fsp3) is 0.500. The molecule has 0 N–H and O–H groups in total. The maximum absolute atomic E-state index is 12.2. The van der Waals surface area contributed by atoms with Gasteiger partial charge in [-0.2, -0.15) is 8.42 Å². The first-order chi connectivity index (χ1) is 11.4. The quantitative estimate of drug-likeness (QED) is 0.428. The summed E-state index contributed by atoms with van der Waals surface area (Å²) < 4.78 is 34.6. The van der Waals surface area contributed by atoms with Gasteiger partial charge < -0.3 is 4.74 Å². The summed E-state index contributed by atoms with van der Waals surface area (Å²) in [5, 5.41) is 0. The van der Waals surface area contributed by atoms with Crippen LogP contribution in [0.2, 0.25) is 0 Å². The number of carbonyl (C=O) groups is 1. The molecule has 1 saturated carbocycles. The van der Waals surface area contributed by atoms with Crippen molar-refractivity contribution in [1.82, 2.24) is 0 Å². The first-order valence-electron chi connectivity index (χ1n) is 8.16. The Bertz CT molecular complexity index is 655. The molecule has 0 saturated heterocycles. The van der Waals surface area contributed by atoms with Gasteiger partial charge in [-0.15, -0.1) is 0 Å². The van der Waals surface area contributed by atoms with Crippen molar-refractivity contribution in [1.29, 1.82) is 0 Å². The molecule has 132 valence electrons. The lowest BCUT2D eigenvalue weighted by molar-refractivity contribution is -0.148. The van der Waals surface area contributed by atoms with Crippen LogP contribution in [0.4, 0.5) is 0 Å². The molecule has 1 aliphatic carbocycles. The highest BCUT2D eigenvalue weighted by atomic mass is 32.2. The molecule has 1 aromatic carbocycles. The zero-order chi connectivity index (χ0) is 17.6. The van der Waals surface area contributed by atoms with E-state index in [9.17, 15) is 13.2 Å². The van der Waals surface area contributed by atoms with Crippen molar-refractivity contribution in [2.75, 3.05) is 13.2 Å². The maximum Gasteiger partial charge on any atom is 0.309 e. The summed E-state index contributed by atoms with van der Waals surface area (Å²) in [6, 6.07) is 6.60. The van der Waals surface area contributed by atoms with Crippen LogP contribution in [0.3, 0.4) is 0 Å². The molecule has 0 spiro atoms. The van der Waals surface area contributed by atoms with Crippen LogP contribution in [0.15, 0.2) is 41.8 Å². The number of ether oxygens (including phenoxy) is 1. The molecule has 0 heterocycles. The lowest BCUT2D eigenvalue weighted by Gasteiger charge is -2.26. The second-order valence-corrected chi connectivity index (χ2v) is 7.80. The molecule has 1 fully saturated rings. The van der Waals surface area contributed by atoms with E-state index in [2.05, 4.69) is 6.58 Å². The average Bonchev–Trinajstić information content (AvgIpc) is 2.59. The molecule has 0 aromatic heterocycles. The molecular weight excluding hydrogens is 328 g/mol. The molecule has 0 bridgehead atoms. The van der Waals surface area contributed by atoms with E-state index in [4.69, 9.17) is 8.92 Å². The SMILES string of the molecule is C=CCOC(=O)C1CCC(COS(=O)(=O)c2ccc(C)cc2)CC1. The molecule has 0 atom stereocenters. The highest BCUT2D eigenvalue weighted by molar-refractivity contribution is 7.86. The van der Waals surface area contributed by atoms with Gasteiger partial charge in [0.2, 0.25) is 0 Å². The fourth-order valence-electron chi connectivity index (χ4n) is 2.78. The van der Waals surface area contributed by atoms with Gasteiger partial charge in [-0.05, 0) is 50.7 Å². The summed E-state index contributed by atoms with van der Waals surface area (Å²) in [6.07, 6.45) is 4.48. The normalized spacial score (nSPS) is 21.2. The Morgan fingerprint density at radius 3 is 2.42 bits per heavy atom. The van der Waals surface area contributed by atoms with E-state index < -0.39 is 10.1 Å². The summed E-state index contributed by atoms with van der Waals surface area (Å²) in [5.41, 5.74) is 0.996. The summed E-state index contributed by atoms with van der Waals surface area (Å²) in [4.78, 5) is 12.0. The highest BCUT2D eigenvalue weighted by Gasteiger charge is 2.28. The van der Waals surface area contributed by atoms with E-state index in [1.807, 2.05) is 6.92 Å². The number of aryl methyl sites for hydroxylation is 1. The minimum absolute atomic E-state index is 0.102. The zero-order valence-corrected chi connectivity index (χ0v) is 14.8. The fourth-order valence-corrected chi connectivity index (χ4v) is 3.76. The van der Waals surface area contributed by atoms with Crippen molar-refractivity contribution in [2.24, 2.45) is 11.8 Å². The van der Waals surface area contributed by atoms with E-state index in [1.165, 1.54) is 0 Å². The third kappa shape index (κ3) is 5.18. The van der Waals surface area contributed by atoms with Gasteiger partial charge in [-0.3, -0.25) is 8.98 Å². The van der Waals surface area contributed by atoms with Crippen LogP contribution in [0, 0.1) is 18.8 Å². The highest BCUT2D eigenvalue weighted by Crippen LogP contribution is 2.30. The van der Waals surface area contributed by atoms with Gasteiger partial charge in [-0.25, -0.2) is 0 Å². The molecule has 6 heteroatoms. The number of esters is 1. The standard InChI is InChI=1S/C18H24O5S/c1-3-12-22-18(19)16-8-6-15(7-9-16)13-23-24(20,21)17-10-4-14(2)5-11-17/h3-5,10-11,15-16H,1,6-9,12-13H2,2H3.